The topological polar surface area (TPSA) is 63.0 Å². The summed E-state index contributed by atoms with van der Waals surface area (Å²) in [5.41, 5.74) is 0. The quantitative estimate of drug-likeness (QED) is 0.828. The van der Waals surface area contributed by atoms with Gasteiger partial charge in [0.15, 0.2) is 0 Å². The Hall–Kier alpha value is -1.10. The molecule has 1 fully saturated rings. The predicted molar refractivity (Wildman–Crippen MR) is 76.0 cm³/mol. The Balaban J connectivity index is 1.82. The minimum absolute atomic E-state index is 0.113. The molecule has 0 spiro atoms. The second kappa shape index (κ2) is 6.89. The standard InChI is InChI=1S/C14H26N4O/c1-4-15-11(3)13-17-18-14(19-13)16-9-12-8-6-5-7-10(12)2/h10-12,15H,4-9H2,1-3H3,(H,16,18). The largest absolute Gasteiger partial charge is 0.406 e. The summed E-state index contributed by atoms with van der Waals surface area (Å²) in [6, 6.07) is 0.666. The molecule has 2 rings (SSSR count). The van der Waals surface area contributed by atoms with Gasteiger partial charge in [0, 0.05) is 6.54 Å². The van der Waals surface area contributed by atoms with Crippen molar-refractivity contribution >= 4 is 6.01 Å². The van der Waals surface area contributed by atoms with Crippen LogP contribution in [-0.2, 0) is 0 Å². The van der Waals surface area contributed by atoms with Crippen molar-refractivity contribution in [3.63, 3.8) is 0 Å². The van der Waals surface area contributed by atoms with Gasteiger partial charge in [0.05, 0.1) is 6.04 Å². The van der Waals surface area contributed by atoms with E-state index >= 15 is 0 Å². The van der Waals surface area contributed by atoms with Crippen molar-refractivity contribution in [2.24, 2.45) is 11.8 Å². The smallest absolute Gasteiger partial charge is 0.315 e. The molecule has 0 amide bonds. The van der Waals surface area contributed by atoms with Crippen LogP contribution in [0.1, 0.15) is 58.4 Å². The van der Waals surface area contributed by atoms with Crippen molar-refractivity contribution < 1.29 is 4.42 Å². The maximum Gasteiger partial charge on any atom is 0.315 e. The SMILES string of the molecule is CCNC(C)c1nnc(NCC2CCCCC2C)o1. The summed E-state index contributed by atoms with van der Waals surface area (Å²) in [5, 5.41) is 14.7. The maximum absolute atomic E-state index is 5.63. The summed E-state index contributed by atoms with van der Waals surface area (Å²) in [4.78, 5) is 0. The first kappa shape index (κ1) is 14.3. The zero-order valence-electron chi connectivity index (χ0n) is 12.3. The molecule has 0 bridgehead atoms. The van der Waals surface area contributed by atoms with Gasteiger partial charge >= 0.3 is 6.01 Å². The van der Waals surface area contributed by atoms with E-state index in [-0.39, 0.29) is 6.04 Å². The lowest BCUT2D eigenvalue weighted by atomic mass is 9.80. The first-order valence-corrected chi connectivity index (χ1v) is 7.51. The highest BCUT2D eigenvalue weighted by atomic mass is 16.4. The van der Waals surface area contributed by atoms with E-state index in [1.165, 1.54) is 25.7 Å². The number of nitrogens with zero attached hydrogens (tertiary/aromatic N) is 2. The van der Waals surface area contributed by atoms with Gasteiger partial charge in [0.1, 0.15) is 0 Å². The Morgan fingerprint density at radius 2 is 2.11 bits per heavy atom. The van der Waals surface area contributed by atoms with Crippen LogP contribution in [0.3, 0.4) is 0 Å². The summed E-state index contributed by atoms with van der Waals surface area (Å²) < 4.78 is 5.63. The van der Waals surface area contributed by atoms with Crippen LogP contribution in [0, 0.1) is 11.8 Å². The molecule has 19 heavy (non-hydrogen) atoms. The Labute approximate surface area is 115 Å². The molecule has 5 heteroatoms. The monoisotopic (exact) mass is 266 g/mol. The van der Waals surface area contributed by atoms with E-state index in [1.807, 2.05) is 6.92 Å². The fourth-order valence-electron chi connectivity index (χ4n) is 2.79. The molecule has 5 nitrogen and oxygen atoms in total. The first-order chi connectivity index (χ1) is 9.20. The van der Waals surface area contributed by atoms with Gasteiger partial charge in [-0.3, -0.25) is 0 Å². The average molecular weight is 266 g/mol. The molecule has 0 aromatic carbocycles. The van der Waals surface area contributed by atoms with E-state index in [9.17, 15) is 0 Å². The minimum Gasteiger partial charge on any atom is -0.406 e. The molecule has 0 aliphatic heterocycles. The fraction of sp³-hybridized carbons (Fsp3) is 0.857. The molecule has 0 radical (unpaired) electrons. The molecule has 3 unspecified atom stereocenters. The molecule has 1 saturated carbocycles. The zero-order chi connectivity index (χ0) is 13.7. The Bertz CT molecular complexity index is 379. The van der Waals surface area contributed by atoms with E-state index in [0.717, 1.165) is 24.9 Å². The lowest BCUT2D eigenvalue weighted by Gasteiger charge is -2.28. The van der Waals surface area contributed by atoms with Crippen LogP contribution in [0.2, 0.25) is 0 Å². The Kier molecular flexibility index (Phi) is 5.19. The lowest BCUT2D eigenvalue weighted by Crippen LogP contribution is -2.24. The van der Waals surface area contributed by atoms with E-state index in [2.05, 4.69) is 34.7 Å². The van der Waals surface area contributed by atoms with E-state index in [0.29, 0.717) is 11.9 Å². The summed E-state index contributed by atoms with van der Waals surface area (Å²) >= 11 is 0. The van der Waals surface area contributed by atoms with Gasteiger partial charge in [-0.15, -0.1) is 5.10 Å². The number of hydrogen-bond donors (Lipinski definition) is 2. The number of rotatable bonds is 6. The van der Waals surface area contributed by atoms with E-state index in [1.54, 1.807) is 0 Å². The van der Waals surface area contributed by atoms with E-state index in [4.69, 9.17) is 4.42 Å². The average Bonchev–Trinajstić information content (AvgIpc) is 2.87. The van der Waals surface area contributed by atoms with Crippen LogP contribution in [0.25, 0.3) is 0 Å². The van der Waals surface area contributed by atoms with Crippen molar-refractivity contribution in [2.45, 2.75) is 52.5 Å². The van der Waals surface area contributed by atoms with E-state index < -0.39 is 0 Å². The Morgan fingerprint density at radius 3 is 2.84 bits per heavy atom. The van der Waals surface area contributed by atoms with Gasteiger partial charge in [0.25, 0.3) is 0 Å². The van der Waals surface area contributed by atoms with Gasteiger partial charge in [-0.25, -0.2) is 0 Å². The van der Waals surface area contributed by atoms with Crippen molar-refractivity contribution in [1.82, 2.24) is 15.5 Å². The molecule has 0 saturated heterocycles. The van der Waals surface area contributed by atoms with Gasteiger partial charge < -0.3 is 15.1 Å². The third-order valence-corrected chi connectivity index (χ3v) is 4.13. The molecule has 1 aliphatic carbocycles. The fourth-order valence-corrected chi connectivity index (χ4v) is 2.79. The zero-order valence-corrected chi connectivity index (χ0v) is 12.3. The normalized spacial score (nSPS) is 25.2. The molecule has 1 aromatic rings. The number of anilines is 1. The maximum atomic E-state index is 5.63. The second-order valence-electron chi connectivity index (χ2n) is 5.63. The summed E-state index contributed by atoms with van der Waals surface area (Å²) in [6.07, 6.45) is 5.38. The third-order valence-electron chi connectivity index (χ3n) is 4.13. The molecular formula is C14H26N4O. The molecule has 1 heterocycles. The number of nitrogens with one attached hydrogen (secondary N) is 2. The van der Waals surface area contributed by atoms with Crippen LogP contribution in [-0.4, -0.2) is 23.3 Å². The van der Waals surface area contributed by atoms with Crippen molar-refractivity contribution in [3.8, 4) is 0 Å². The molecule has 2 N–H and O–H groups in total. The number of hydrogen-bond acceptors (Lipinski definition) is 5. The highest BCUT2D eigenvalue weighted by molar-refractivity contribution is 5.17. The van der Waals surface area contributed by atoms with Crippen LogP contribution >= 0.6 is 0 Å². The van der Waals surface area contributed by atoms with Gasteiger partial charge in [-0.2, -0.15) is 0 Å². The number of aromatic nitrogens is 2. The summed E-state index contributed by atoms with van der Waals surface area (Å²) in [6.45, 7) is 8.28. The lowest BCUT2D eigenvalue weighted by molar-refractivity contribution is 0.267. The van der Waals surface area contributed by atoms with Crippen LogP contribution in [0.15, 0.2) is 4.42 Å². The Morgan fingerprint density at radius 1 is 1.32 bits per heavy atom. The molecule has 3 atom stereocenters. The third kappa shape index (κ3) is 3.93. The summed E-state index contributed by atoms with van der Waals surface area (Å²) in [7, 11) is 0. The molecular weight excluding hydrogens is 240 g/mol. The van der Waals surface area contributed by atoms with Crippen LogP contribution < -0.4 is 10.6 Å². The first-order valence-electron chi connectivity index (χ1n) is 7.51. The second-order valence-corrected chi connectivity index (χ2v) is 5.63. The van der Waals surface area contributed by atoms with Gasteiger partial charge in [-0.1, -0.05) is 38.2 Å². The van der Waals surface area contributed by atoms with Crippen LogP contribution in [0.4, 0.5) is 6.01 Å². The van der Waals surface area contributed by atoms with Gasteiger partial charge in [0.2, 0.25) is 5.89 Å². The molecule has 1 aromatic heterocycles. The van der Waals surface area contributed by atoms with Crippen molar-refractivity contribution in [2.75, 3.05) is 18.4 Å². The minimum atomic E-state index is 0.113. The molecule has 108 valence electrons. The highest BCUT2D eigenvalue weighted by Crippen LogP contribution is 2.29. The van der Waals surface area contributed by atoms with Crippen LogP contribution in [0.5, 0.6) is 0 Å². The predicted octanol–water partition coefficient (Wildman–Crippen LogP) is 2.98. The highest BCUT2D eigenvalue weighted by Gasteiger charge is 2.21. The summed E-state index contributed by atoms with van der Waals surface area (Å²) in [5.74, 6) is 2.18. The van der Waals surface area contributed by atoms with Crippen molar-refractivity contribution in [3.05, 3.63) is 5.89 Å². The van der Waals surface area contributed by atoms with Crippen molar-refractivity contribution in [1.29, 1.82) is 0 Å². The van der Waals surface area contributed by atoms with Gasteiger partial charge in [-0.05, 0) is 31.7 Å². The molecule has 1 aliphatic rings.